The number of carbonyl (C=O) groups is 2. The predicted molar refractivity (Wildman–Crippen MR) is 64.1 cm³/mol. The van der Waals surface area contributed by atoms with Gasteiger partial charge in [0.25, 0.3) is 0 Å². The second-order valence-corrected chi connectivity index (χ2v) is 4.61. The van der Waals surface area contributed by atoms with Crippen LogP contribution in [0.4, 0.5) is 0 Å². The fourth-order valence-electron chi connectivity index (χ4n) is 1.65. The van der Waals surface area contributed by atoms with E-state index in [2.05, 4.69) is 10.5 Å². The van der Waals surface area contributed by atoms with Crippen LogP contribution in [0.1, 0.15) is 30.9 Å². The van der Waals surface area contributed by atoms with Gasteiger partial charge < -0.3 is 14.9 Å². The number of nitrogens with zero attached hydrogens (tertiary/aromatic N) is 1. The van der Waals surface area contributed by atoms with Crippen molar-refractivity contribution in [3.63, 3.8) is 0 Å². The fourth-order valence-corrected chi connectivity index (χ4v) is 1.65. The van der Waals surface area contributed by atoms with E-state index in [1.807, 2.05) is 0 Å². The van der Waals surface area contributed by atoms with Gasteiger partial charge in [-0.15, -0.1) is 0 Å². The summed E-state index contributed by atoms with van der Waals surface area (Å²) in [6.07, 6.45) is 0.0810. The third-order valence-corrected chi connectivity index (χ3v) is 2.77. The van der Waals surface area contributed by atoms with Gasteiger partial charge in [0, 0.05) is 5.56 Å². The van der Waals surface area contributed by atoms with Gasteiger partial charge in [0.05, 0.1) is 12.1 Å². The summed E-state index contributed by atoms with van der Waals surface area (Å²) >= 11 is 0. The Balaban J connectivity index is 2.69. The largest absolute Gasteiger partial charge is 0.480 e. The van der Waals surface area contributed by atoms with Crippen molar-refractivity contribution in [2.24, 2.45) is 5.92 Å². The van der Waals surface area contributed by atoms with Crippen LogP contribution in [0.3, 0.4) is 0 Å². The van der Waals surface area contributed by atoms with E-state index in [1.165, 1.54) is 0 Å². The van der Waals surface area contributed by atoms with E-state index in [1.54, 1.807) is 27.7 Å². The van der Waals surface area contributed by atoms with E-state index >= 15 is 0 Å². The number of carbonyl (C=O) groups excluding carboxylic acids is 1. The number of carboxylic acids is 1. The van der Waals surface area contributed by atoms with Gasteiger partial charge in [-0.25, -0.2) is 4.79 Å². The molecule has 100 valence electrons. The molecule has 1 atom stereocenters. The number of aryl methyl sites for hydroxylation is 2. The van der Waals surface area contributed by atoms with Crippen molar-refractivity contribution < 1.29 is 19.2 Å². The molecule has 0 aromatic carbocycles. The zero-order valence-corrected chi connectivity index (χ0v) is 11.0. The summed E-state index contributed by atoms with van der Waals surface area (Å²) < 4.78 is 4.95. The average Bonchev–Trinajstić information content (AvgIpc) is 2.56. The minimum atomic E-state index is -1.03. The van der Waals surface area contributed by atoms with Gasteiger partial charge in [0.1, 0.15) is 11.8 Å². The van der Waals surface area contributed by atoms with Crippen LogP contribution in [0.15, 0.2) is 4.52 Å². The third-order valence-electron chi connectivity index (χ3n) is 2.77. The number of hydrogen-bond donors (Lipinski definition) is 2. The van der Waals surface area contributed by atoms with E-state index in [0.717, 1.165) is 0 Å². The monoisotopic (exact) mass is 254 g/mol. The van der Waals surface area contributed by atoms with Gasteiger partial charge in [-0.05, 0) is 19.8 Å². The van der Waals surface area contributed by atoms with Crippen molar-refractivity contribution in [2.45, 2.75) is 40.2 Å². The Morgan fingerprint density at radius 2 is 2.00 bits per heavy atom. The van der Waals surface area contributed by atoms with Crippen LogP contribution in [0.2, 0.25) is 0 Å². The Morgan fingerprint density at radius 3 is 2.39 bits per heavy atom. The minimum absolute atomic E-state index is 0.0810. The fraction of sp³-hybridized carbons (Fsp3) is 0.583. The van der Waals surface area contributed by atoms with Gasteiger partial charge in [-0.3, -0.25) is 4.79 Å². The molecule has 0 fully saturated rings. The van der Waals surface area contributed by atoms with E-state index in [-0.39, 0.29) is 18.2 Å². The Labute approximate surface area is 105 Å². The second kappa shape index (κ2) is 5.66. The number of aromatic nitrogens is 1. The smallest absolute Gasteiger partial charge is 0.326 e. The van der Waals surface area contributed by atoms with Gasteiger partial charge in [0.2, 0.25) is 5.91 Å². The average molecular weight is 254 g/mol. The molecule has 0 bridgehead atoms. The zero-order valence-electron chi connectivity index (χ0n) is 11.0. The lowest BCUT2D eigenvalue weighted by molar-refractivity contribution is -0.143. The summed E-state index contributed by atoms with van der Waals surface area (Å²) in [4.78, 5) is 22.8. The lowest BCUT2D eigenvalue weighted by Gasteiger charge is -2.17. The molecular formula is C12H18N2O4. The van der Waals surface area contributed by atoms with Crippen LogP contribution >= 0.6 is 0 Å². The first-order valence-corrected chi connectivity index (χ1v) is 5.76. The minimum Gasteiger partial charge on any atom is -0.480 e. The van der Waals surface area contributed by atoms with Gasteiger partial charge in [-0.2, -0.15) is 0 Å². The summed E-state index contributed by atoms with van der Waals surface area (Å²) in [7, 11) is 0. The normalized spacial score (nSPS) is 12.5. The summed E-state index contributed by atoms with van der Waals surface area (Å²) in [5.41, 5.74) is 1.36. The van der Waals surface area contributed by atoms with Crippen LogP contribution < -0.4 is 5.32 Å². The highest BCUT2D eigenvalue weighted by Crippen LogP contribution is 2.13. The standard InChI is InChI=1S/C12H18N2O4/c1-6(2)11(12(16)17)13-10(15)5-9-7(3)14-18-8(9)4/h6,11H,5H2,1-4H3,(H,13,15)(H,16,17). The molecule has 1 unspecified atom stereocenters. The van der Waals surface area contributed by atoms with Crippen molar-refractivity contribution in [2.75, 3.05) is 0 Å². The summed E-state index contributed by atoms with van der Waals surface area (Å²) in [5, 5.41) is 15.2. The number of aliphatic carboxylic acids is 1. The first kappa shape index (κ1) is 14.2. The van der Waals surface area contributed by atoms with Crippen LogP contribution in [-0.4, -0.2) is 28.2 Å². The number of rotatable bonds is 5. The number of nitrogens with one attached hydrogen (secondary N) is 1. The molecular weight excluding hydrogens is 236 g/mol. The van der Waals surface area contributed by atoms with Crippen LogP contribution in [-0.2, 0) is 16.0 Å². The van der Waals surface area contributed by atoms with Gasteiger partial charge in [0.15, 0.2) is 0 Å². The number of amides is 1. The lowest BCUT2D eigenvalue weighted by Crippen LogP contribution is -2.45. The topological polar surface area (TPSA) is 92.4 Å². The molecule has 0 saturated carbocycles. The molecule has 1 amide bonds. The molecule has 1 aromatic rings. The Bertz CT molecular complexity index is 431. The zero-order chi connectivity index (χ0) is 13.9. The molecule has 0 aliphatic carbocycles. The lowest BCUT2D eigenvalue weighted by atomic mass is 10.0. The molecule has 0 aliphatic heterocycles. The molecule has 0 radical (unpaired) electrons. The van der Waals surface area contributed by atoms with E-state index in [4.69, 9.17) is 9.63 Å². The van der Waals surface area contributed by atoms with Gasteiger partial charge in [-0.1, -0.05) is 19.0 Å². The molecule has 0 spiro atoms. The molecule has 1 aromatic heterocycles. The molecule has 6 nitrogen and oxygen atoms in total. The first-order valence-electron chi connectivity index (χ1n) is 5.76. The van der Waals surface area contributed by atoms with E-state index in [9.17, 15) is 9.59 Å². The first-order chi connectivity index (χ1) is 8.32. The van der Waals surface area contributed by atoms with Crippen LogP contribution in [0, 0.1) is 19.8 Å². The molecule has 6 heteroatoms. The highest BCUT2D eigenvalue weighted by atomic mass is 16.5. The molecule has 0 saturated heterocycles. The van der Waals surface area contributed by atoms with Crippen molar-refractivity contribution in [3.05, 3.63) is 17.0 Å². The molecule has 2 N–H and O–H groups in total. The summed E-state index contributed by atoms with van der Waals surface area (Å²) in [6.45, 7) is 6.96. The van der Waals surface area contributed by atoms with Gasteiger partial charge >= 0.3 is 5.97 Å². The number of hydrogen-bond acceptors (Lipinski definition) is 4. The molecule has 1 rings (SSSR count). The Morgan fingerprint density at radius 1 is 1.39 bits per heavy atom. The number of carboxylic acid groups (broad SMARTS) is 1. The Hall–Kier alpha value is -1.85. The summed E-state index contributed by atoms with van der Waals surface area (Å²) in [5.74, 6) is -0.960. The van der Waals surface area contributed by atoms with Crippen molar-refractivity contribution in [3.8, 4) is 0 Å². The maximum absolute atomic E-state index is 11.8. The highest BCUT2D eigenvalue weighted by molar-refractivity contribution is 5.85. The van der Waals surface area contributed by atoms with Crippen LogP contribution in [0.5, 0.6) is 0 Å². The molecule has 0 aliphatic rings. The second-order valence-electron chi connectivity index (χ2n) is 4.61. The van der Waals surface area contributed by atoms with E-state index in [0.29, 0.717) is 17.0 Å². The maximum Gasteiger partial charge on any atom is 0.326 e. The van der Waals surface area contributed by atoms with Crippen molar-refractivity contribution in [1.82, 2.24) is 10.5 Å². The molecule has 1 heterocycles. The van der Waals surface area contributed by atoms with Crippen molar-refractivity contribution in [1.29, 1.82) is 0 Å². The quantitative estimate of drug-likeness (QED) is 0.819. The van der Waals surface area contributed by atoms with Crippen molar-refractivity contribution >= 4 is 11.9 Å². The van der Waals surface area contributed by atoms with E-state index < -0.39 is 12.0 Å². The summed E-state index contributed by atoms with van der Waals surface area (Å²) in [6, 6.07) is -0.877. The maximum atomic E-state index is 11.8. The molecule has 18 heavy (non-hydrogen) atoms. The highest BCUT2D eigenvalue weighted by Gasteiger charge is 2.24. The SMILES string of the molecule is Cc1noc(C)c1CC(=O)NC(C(=O)O)C(C)C. The van der Waals surface area contributed by atoms with Crippen LogP contribution in [0.25, 0.3) is 0 Å². The third kappa shape index (κ3) is 3.32. The Kier molecular flexibility index (Phi) is 4.47. The predicted octanol–water partition coefficient (Wildman–Crippen LogP) is 1.06.